The minimum absolute atomic E-state index is 0.412. The molecule has 134 valence electrons. The Kier molecular flexibility index (Phi) is 4.55. The van der Waals surface area contributed by atoms with Crippen LogP contribution in [-0.2, 0) is 7.05 Å². The van der Waals surface area contributed by atoms with E-state index in [2.05, 4.69) is 26.7 Å². The van der Waals surface area contributed by atoms with E-state index in [0.29, 0.717) is 16.7 Å². The van der Waals surface area contributed by atoms with E-state index in [1.165, 1.54) is 11.3 Å². The van der Waals surface area contributed by atoms with Crippen LogP contribution >= 0.6 is 22.9 Å². The number of hydrogen-bond acceptors (Lipinski definition) is 5. The zero-order valence-corrected chi connectivity index (χ0v) is 16.3. The Morgan fingerprint density at radius 1 is 1.30 bits per heavy atom. The van der Waals surface area contributed by atoms with Gasteiger partial charge in [0, 0.05) is 43.6 Å². The summed E-state index contributed by atoms with van der Waals surface area (Å²) in [6.07, 6.45) is 5.48. The smallest absolute Gasteiger partial charge is 0.172 e. The Hall–Kier alpha value is -2.90. The Balaban J connectivity index is 1.96. The van der Waals surface area contributed by atoms with Gasteiger partial charge >= 0.3 is 0 Å². The molecular formula is C19H15ClN6S. The number of nitrogens with zero attached hydrogens (tertiary/aromatic N) is 6. The van der Waals surface area contributed by atoms with Crippen molar-refractivity contribution < 1.29 is 0 Å². The van der Waals surface area contributed by atoms with Crippen LogP contribution in [0, 0.1) is 0 Å². The van der Waals surface area contributed by atoms with Crippen LogP contribution in [0.3, 0.4) is 0 Å². The van der Waals surface area contributed by atoms with Gasteiger partial charge in [0.05, 0.1) is 16.1 Å². The first kappa shape index (κ1) is 17.5. The van der Waals surface area contributed by atoms with Crippen LogP contribution in [0.15, 0.2) is 52.8 Å². The molecule has 0 N–H and O–H groups in total. The van der Waals surface area contributed by atoms with Gasteiger partial charge in [0.2, 0.25) is 0 Å². The molecule has 0 fully saturated rings. The summed E-state index contributed by atoms with van der Waals surface area (Å²) in [5, 5.41) is 2.20. The fourth-order valence-electron chi connectivity index (χ4n) is 2.88. The summed E-state index contributed by atoms with van der Waals surface area (Å²) in [4.78, 5) is 22.4. The number of pyridine rings is 2. The van der Waals surface area contributed by atoms with Gasteiger partial charge in [0.1, 0.15) is 15.9 Å². The minimum Gasteiger partial charge on any atom is -0.350 e. The molecular weight excluding hydrogens is 380 g/mol. The lowest BCUT2D eigenvalue weighted by molar-refractivity contribution is 0.968. The van der Waals surface area contributed by atoms with E-state index in [1.54, 1.807) is 19.4 Å². The highest BCUT2D eigenvalue weighted by molar-refractivity contribution is 7.19. The first-order valence-electron chi connectivity index (χ1n) is 8.09. The van der Waals surface area contributed by atoms with Crippen LogP contribution < -0.4 is 0 Å². The lowest BCUT2D eigenvalue weighted by Crippen LogP contribution is -2.02. The van der Waals surface area contributed by atoms with Gasteiger partial charge in [-0.2, -0.15) is 0 Å². The van der Waals surface area contributed by atoms with Crippen LogP contribution in [0.5, 0.6) is 0 Å². The Morgan fingerprint density at radius 2 is 2.15 bits per heavy atom. The topological polar surface area (TPSA) is 68.3 Å². The summed E-state index contributed by atoms with van der Waals surface area (Å²) in [6.45, 7) is 3.59. The van der Waals surface area contributed by atoms with Crippen molar-refractivity contribution in [1.82, 2.24) is 19.5 Å². The van der Waals surface area contributed by atoms with Gasteiger partial charge in [0.25, 0.3) is 0 Å². The molecule has 0 saturated heterocycles. The van der Waals surface area contributed by atoms with Crippen molar-refractivity contribution in [1.29, 1.82) is 0 Å². The van der Waals surface area contributed by atoms with Gasteiger partial charge in [-0.15, -0.1) is 11.3 Å². The zero-order valence-electron chi connectivity index (χ0n) is 14.7. The normalized spacial score (nSPS) is 11.9. The minimum atomic E-state index is 0.412. The van der Waals surface area contributed by atoms with Gasteiger partial charge in [-0.25, -0.2) is 15.0 Å². The van der Waals surface area contributed by atoms with Crippen molar-refractivity contribution in [2.24, 2.45) is 17.0 Å². The molecule has 27 heavy (non-hydrogen) atoms. The van der Waals surface area contributed by atoms with Crippen molar-refractivity contribution in [3.05, 3.63) is 53.7 Å². The third kappa shape index (κ3) is 3.05. The van der Waals surface area contributed by atoms with Crippen LogP contribution in [0.25, 0.3) is 32.0 Å². The fraction of sp³-hybridized carbons (Fsp3) is 0.105. The van der Waals surface area contributed by atoms with E-state index in [9.17, 15) is 0 Å². The highest BCUT2D eigenvalue weighted by Gasteiger charge is 2.19. The molecule has 0 unspecified atom stereocenters. The second kappa shape index (κ2) is 7.02. The predicted octanol–water partition coefficient (Wildman–Crippen LogP) is 4.49. The molecule has 0 amide bonds. The van der Waals surface area contributed by atoms with Gasteiger partial charge in [-0.1, -0.05) is 11.6 Å². The molecule has 0 aliphatic rings. The van der Waals surface area contributed by atoms with Crippen LogP contribution in [0.2, 0.25) is 5.15 Å². The quantitative estimate of drug-likeness (QED) is 0.379. The van der Waals surface area contributed by atoms with Gasteiger partial charge < -0.3 is 4.57 Å². The van der Waals surface area contributed by atoms with E-state index in [-0.39, 0.29) is 0 Å². The number of amidine groups is 1. The lowest BCUT2D eigenvalue weighted by atomic mass is 10.2. The zero-order chi connectivity index (χ0) is 19.0. The molecule has 8 heteroatoms. The molecule has 0 aliphatic carbocycles. The molecule has 0 aliphatic heterocycles. The van der Waals surface area contributed by atoms with Crippen molar-refractivity contribution in [2.45, 2.75) is 0 Å². The van der Waals surface area contributed by atoms with Crippen molar-refractivity contribution in [3.8, 4) is 21.1 Å². The molecule has 6 nitrogen and oxygen atoms in total. The molecule has 4 aromatic heterocycles. The number of hydrogen-bond donors (Lipinski definition) is 0. The monoisotopic (exact) mass is 394 g/mol. The maximum Gasteiger partial charge on any atom is 0.172 e. The first-order valence-corrected chi connectivity index (χ1v) is 9.29. The number of halogens is 1. The summed E-state index contributed by atoms with van der Waals surface area (Å²) in [6, 6.07) is 7.80. The molecule has 0 radical (unpaired) electrons. The van der Waals surface area contributed by atoms with Crippen LogP contribution in [0.1, 0.15) is 5.69 Å². The van der Waals surface area contributed by atoms with E-state index >= 15 is 0 Å². The average Bonchev–Trinajstić information content (AvgIpc) is 3.26. The molecule has 0 spiro atoms. The maximum atomic E-state index is 6.50. The highest BCUT2D eigenvalue weighted by atomic mass is 35.5. The van der Waals surface area contributed by atoms with Gasteiger partial charge in [-0.05, 0) is 31.0 Å². The van der Waals surface area contributed by atoms with E-state index < -0.39 is 0 Å². The van der Waals surface area contributed by atoms with Crippen molar-refractivity contribution >= 4 is 46.4 Å². The number of rotatable bonds is 3. The lowest BCUT2D eigenvalue weighted by Gasteiger charge is -2.06. The number of aliphatic imine (C=N–C) groups is 2. The number of aromatic nitrogens is 4. The fourth-order valence-corrected chi connectivity index (χ4v) is 4.17. The first-order chi connectivity index (χ1) is 13.1. The van der Waals surface area contributed by atoms with E-state index in [4.69, 9.17) is 16.6 Å². The summed E-state index contributed by atoms with van der Waals surface area (Å²) < 4.78 is 2.03. The van der Waals surface area contributed by atoms with Gasteiger partial charge in [-0.3, -0.25) is 9.98 Å². The standard InChI is InChI=1S/C19H15ClN6S/c1-21-18(22-2)13-9-14-12(6-8-26(14)3)15(24-13)16-17(20)25-19(27-16)11-5-4-7-23-10-11/h4-10H,1H2,2-3H3. The molecule has 4 heterocycles. The third-order valence-electron chi connectivity index (χ3n) is 4.18. The predicted molar refractivity (Wildman–Crippen MR) is 112 cm³/mol. The molecule has 0 saturated carbocycles. The summed E-state index contributed by atoms with van der Waals surface area (Å²) in [5.41, 5.74) is 3.32. The summed E-state index contributed by atoms with van der Waals surface area (Å²) in [7, 11) is 3.65. The molecule has 4 aromatic rings. The molecule has 4 rings (SSSR count). The average molecular weight is 395 g/mol. The molecule has 0 atom stereocenters. The largest absolute Gasteiger partial charge is 0.350 e. The van der Waals surface area contributed by atoms with Crippen LogP contribution in [-0.4, -0.2) is 39.1 Å². The Morgan fingerprint density at radius 3 is 2.85 bits per heavy atom. The van der Waals surface area contributed by atoms with E-state index in [1.807, 2.05) is 42.1 Å². The number of aryl methyl sites for hydroxylation is 1. The summed E-state index contributed by atoms with van der Waals surface area (Å²) >= 11 is 7.99. The number of thiazole rings is 1. The Bertz CT molecular complexity index is 1180. The molecule has 0 bridgehead atoms. The van der Waals surface area contributed by atoms with Crippen LogP contribution in [0.4, 0.5) is 0 Å². The maximum absolute atomic E-state index is 6.50. The highest BCUT2D eigenvalue weighted by Crippen LogP contribution is 2.40. The van der Waals surface area contributed by atoms with Gasteiger partial charge in [0.15, 0.2) is 5.84 Å². The molecule has 0 aromatic carbocycles. The second-order valence-electron chi connectivity index (χ2n) is 5.80. The van der Waals surface area contributed by atoms with Crippen molar-refractivity contribution in [3.63, 3.8) is 0 Å². The third-order valence-corrected chi connectivity index (χ3v) is 5.68. The Labute approximate surface area is 164 Å². The SMILES string of the molecule is C=NC(=NC)c1cc2c(ccn2C)c(-c2sc(-c3cccnc3)nc2Cl)n1. The number of fused-ring (bicyclic) bond motifs is 1. The second-order valence-corrected chi connectivity index (χ2v) is 7.16. The van der Waals surface area contributed by atoms with E-state index in [0.717, 1.165) is 32.0 Å². The van der Waals surface area contributed by atoms with Crippen molar-refractivity contribution in [2.75, 3.05) is 7.05 Å². The summed E-state index contributed by atoms with van der Waals surface area (Å²) in [5.74, 6) is 0.479.